The van der Waals surface area contributed by atoms with E-state index in [1.807, 2.05) is 62.4 Å². The highest BCUT2D eigenvalue weighted by Gasteiger charge is 2.26. The molecular formula is C25H28N4O3. The molecule has 0 spiro atoms. The van der Waals surface area contributed by atoms with Crippen LogP contribution in [0.2, 0.25) is 0 Å². The third kappa shape index (κ3) is 6.07. The number of aryl methyl sites for hydroxylation is 1. The smallest absolute Gasteiger partial charge is 0.263 e. The van der Waals surface area contributed by atoms with Crippen LogP contribution < -0.4 is 15.5 Å². The summed E-state index contributed by atoms with van der Waals surface area (Å²) in [6.07, 6.45) is 3.69. The molecule has 2 N–H and O–H groups in total. The molecule has 0 radical (unpaired) electrons. The number of hydrazine groups is 1. The maximum absolute atomic E-state index is 13.4. The summed E-state index contributed by atoms with van der Waals surface area (Å²) < 4.78 is 5.19. The predicted molar refractivity (Wildman–Crippen MR) is 124 cm³/mol. The molecule has 166 valence electrons. The Morgan fingerprint density at radius 3 is 2.41 bits per heavy atom. The van der Waals surface area contributed by atoms with Gasteiger partial charge in [0.15, 0.2) is 0 Å². The Bertz CT molecular complexity index is 1040. The van der Waals surface area contributed by atoms with E-state index in [0.717, 1.165) is 22.6 Å². The van der Waals surface area contributed by atoms with Crippen molar-refractivity contribution in [2.75, 3.05) is 19.1 Å². The fourth-order valence-electron chi connectivity index (χ4n) is 3.28. The maximum atomic E-state index is 13.4. The molecule has 7 heteroatoms. The number of anilines is 1. The summed E-state index contributed by atoms with van der Waals surface area (Å²) in [5, 5.41) is 4.42. The van der Waals surface area contributed by atoms with Gasteiger partial charge in [0.1, 0.15) is 11.8 Å². The minimum Gasteiger partial charge on any atom is -0.497 e. The zero-order valence-electron chi connectivity index (χ0n) is 18.5. The van der Waals surface area contributed by atoms with Gasteiger partial charge in [0, 0.05) is 30.9 Å². The fourth-order valence-corrected chi connectivity index (χ4v) is 3.28. The molecule has 0 bridgehead atoms. The summed E-state index contributed by atoms with van der Waals surface area (Å²) in [6.45, 7) is 4.21. The van der Waals surface area contributed by atoms with Crippen LogP contribution in [0.5, 0.6) is 5.75 Å². The summed E-state index contributed by atoms with van der Waals surface area (Å²) in [7, 11) is 1.60. The Morgan fingerprint density at radius 1 is 1.06 bits per heavy atom. The van der Waals surface area contributed by atoms with Gasteiger partial charge in [-0.05, 0) is 67.9 Å². The van der Waals surface area contributed by atoms with Crippen molar-refractivity contribution in [1.29, 1.82) is 0 Å². The summed E-state index contributed by atoms with van der Waals surface area (Å²) in [5.74, 6) is 0.202. The third-order valence-electron chi connectivity index (χ3n) is 5.01. The highest BCUT2D eigenvalue weighted by molar-refractivity contribution is 5.98. The molecule has 32 heavy (non-hydrogen) atoms. The van der Waals surface area contributed by atoms with Crippen molar-refractivity contribution in [2.24, 2.45) is 0 Å². The molecule has 0 aliphatic heterocycles. The number of hydrogen-bond acceptors (Lipinski definition) is 5. The van der Waals surface area contributed by atoms with Crippen molar-refractivity contribution >= 4 is 17.5 Å². The van der Waals surface area contributed by atoms with Gasteiger partial charge in [0.05, 0.1) is 12.8 Å². The molecule has 3 rings (SSSR count). The molecule has 1 heterocycles. The first kappa shape index (κ1) is 22.8. The van der Waals surface area contributed by atoms with Gasteiger partial charge >= 0.3 is 0 Å². The van der Waals surface area contributed by atoms with Crippen molar-refractivity contribution in [1.82, 2.24) is 15.3 Å². The van der Waals surface area contributed by atoms with Gasteiger partial charge in [-0.3, -0.25) is 25.0 Å². The van der Waals surface area contributed by atoms with Gasteiger partial charge in [-0.15, -0.1) is 0 Å². The molecule has 3 aromatic rings. The van der Waals surface area contributed by atoms with Crippen LogP contribution in [0.3, 0.4) is 0 Å². The SMILES string of the molecule is CCN(Nc1ccc(OC)cc1)C(=O)C(Cc1ccncc1)NC(=O)c1cccc(C)c1. The summed E-state index contributed by atoms with van der Waals surface area (Å²) >= 11 is 0. The molecule has 7 nitrogen and oxygen atoms in total. The average Bonchev–Trinajstić information content (AvgIpc) is 2.82. The first-order chi connectivity index (χ1) is 15.5. The van der Waals surface area contributed by atoms with Crippen molar-refractivity contribution in [2.45, 2.75) is 26.3 Å². The van der Waals surface area contributed by atoms with Crippen LogP contribution in [0.25, 0.3) is 0 Å². The van der Waals surface area contributed by atoms with Gasteiger partial charge in [0.2, 0.25) is 0 Å². The van der Waals surface area contributed by atoms with Crippen molar-refractivity contribution in [3.63, 3.8) is 0 Å². The van der Waals surface area contributed by atoms with E-state index < -0.39 is 6.04 Å². The number of amides is 2. The topological polar surface area (TPSA) is 83.6 Å². The largest absolute Gasteiger partial charge is 0.497 e. The van der Waals surface area contributed by atoms with Gasteiger partial charge in [-0.25, -0.2) is 0 Å². The third-order valence-corrected chi connectivity index (χ3v) is 5.01. The number of pyridine rings is 1. The summed E-state index contributed by atoms with van der Waals surface area (Å²) in [5.41, 5.74) is 6.28. The van der Waals surface area contributed by atoms with E-state index in [1.165, 1.54) is 5.01 Å². The normalized spacial score (nSPS) is 11.3. The standard InChI is InChI=1S/C25H28N4O3/c1-4-29(28-21-8-10-22(32-3)11-9-21)25(31)23(17-19-12-14-26-15-13-19)27-24(30)20-7-5-6-18(2)16-20/h5-16,23,28H,4,17H2,1-3H3,(H,27,30). The van der Waals surface area contributed by atoms with Crippen LogP contribution in [0.1, 0.15) is 28.4 Å². The number of aromatic nitrogens is 1. The molecule has 1 aromatic heterocycles. The second-order valence-electron chi connectivity index (χ2n) is 7.38. The average molecular weight is 433 g/mol. The Morgan fingerprint density at radius 2 is 1.78 bits per heavy atom. The van der Waals surface area contributed by atoms with Gasteiger partial charge in [-0.2, -0.15) is 0 Å². The van der Waals surface area contributed by atoms with Crippen LogP contribution in [-0.4, -0.2) is 41.5 Å². The van der Waals surface area contributed by atoms with Crippen molar-refractivity contribution in [3.05, 3.63) is 89.7 Å². The number of ether oxygens (including phenoxy) is 1. The van der Waals surface area contributed by atoms with Crippen LogP contribution in [0.4, 0.5) is 5.69 Å². The van der Waals surface area contributed by atoms with Crippen molar-refractivity contribution in [3.8, 4) is 5.75 Å². The lowest BCUT2D eigenvalue weighted by molar-refractivity contribution is -0.131. The van der Waals surface area contributed by atoms with E-state index in [9.17, 15) is 9.59 Å². The number of rotatable bonds is 9. The van der Waals surface area contributed by atoms with E-state index >= 15 is 0 Å². The molecule has 0 saturated carbocycles. The second kappa shape index (κ2) is 10.9. The molecule has 1 unspecified atom stereocenters. The number of methoxy groups -OCH3 is 1. The number of benzene rings is 2. The lowest BCUT2D eigenvalue weighted by Crippen LogP contribution is -2.51. The van der Waals surface area contributed by atoms with Gasteiger partial charge in [0.25, 0.3) is 11.8 Å². The zero-order valence-corrected chi connectivity index (χ0v) is 18.5. The zero-order chi connectivity index (χ0) is 22.9. The van der Waals surface area contributed by atoms with E-state index in [2.05, 4.69) is 15.7 Å². The Balaban J connectivity index is 1.80. The first-order valence-electron chi connectivity index (χ1n) is 10.5. The van der Waals surface area contributed by atoms with E-state index in [4.69, 9.17) is 4.74 Å². The molecule has 2 aromatic carbocycles. The number of carbonyl (C=O) groups excluding carboxylic acids is 2. The minimum absolute atomic E-state index is 0.235. The molecular weight excluding hydrogens is 404 g/mol. The van der Waals surface area contributed by atoms with Crippen molar-refractivity contribution < 1.29 is 14.3 Å². The van der Waals surface area contributed by atoms with Crippen LogP contribution in [0, 0.1) is 6.92 Å². The van der Waals surface area contributed by atoms with Gasteiger partial charge in [-0.1, -0.05) is 17.7 Å². The predicted octanol–water partition coefficient (Wildman–Crippen LogP) is 3.62. The molecule has 0 aliphatic rings. The molecule has 2 amide bonds. The minimum atomic E-state index is -0.754. The number of nitrogens with one attached hydrogen (secondary N) is 2. The highest BCUT2D eigenvalue weighted by atomic mass is 16.5. The Labute approximate surface area is 188 Å². The molecule has 0 aliphatic carbocycles. The lowest BCUT2D eigenvalue weighted by Gasteiger charge is -2.28. The second-order valence-corrected chi connectivity index (χ2v) is 7.38. The van der Waals surface area contributed by atoms with Crippen LogP contribution in [-0.2, 0) is 11.2 Å². The van der Waals surface area contributed by atoms with E-state index in [-0.39, 0.29) is 11.8 Å². The number of hydrogen-bond donors (Lipinski definition) is 2. The lowest BCUT2D eigenvalue weighted by atomic mass is 10.0. The molecule has 0 saturated heterocycles. The highest BCUT2D eigenvalue weighted by Crippen LogP contribution is 2.16. The van der Waals surface area contributed by atoms with Crippen LogP contribution in [0.15, 0.2) is 73.1 Å². The Kier molecular flexibility index (Phi) is 7.80. The summed E-state index contributed by atoms with van der Waals surface area (Å²) in [4.78, 5) is 30.4. The van der Waals surface area contributed by atoms with E-state index in [0.29, 0.717) is 18.5 Å². The number of nitrogens with zero attached hydrogens (tertiary/aromatic N) is 2. The summed E-state index contributed by atoms with van der Waals surface area (Å²) in [6, 6.07) is 17.5. The quantitative estimate of drug-likeness (QED) is 0.505. The fraction of sp³-hybridized carbons (Fsp3) is 0.240. The van der Waals surface area contributed by atoms with Gasteiger partial charge < -0.3 is 10.1 Å². The number of likely N-dealkylation sites (N-methyl/N-ethyl adjacent to an activating group) is 1. The van der Waals surface area contributed by atoms with Crippen LogP contribution >= 0.6 is 0 Å². The molecule has 1 atom stereocenters. The monoisotopic (exact) mass is 432 g/mol. The maximum Gasteiger partial charge on any atom is 0.263 e. The molecule has 0 fully saturated rings. The number of carbonyl (C=O) groups is 2. The Hall–Kier alpha value is -3.87. The first-order valence-corrected chi connectivity index (χ1v) is 10.5. The van der Waals surface area contributed by atoms with E-state index in [1.54, 1.807) is 31.6 Å².